The maximum Gasteiger partial charge on any atom is 0.306 e. The molecule has 0 unspecified atom stereocenters. The van der Waals surface area contributed by atoms with Gasteiger partial charge in [-0.3, -0.25) is 4.79 Å². The molecule has 3 nitrogen and oxygen atoms in total. The molecular weight excluding hydrogens is 204 g/mol. The van der Waals surface area contributed by atoms with Gasteiger partial charge in [0.05, 0.1) is 12.5 Å². The summed E-state index contributed by atoms with van der Waals surface area (Å²) in [5.41, 5.74) is 1.14. The van der Waals surface area contributed by atoms with Gasteiger partial charge in [-0.15, -0.1) is 0 Å². The zero-order valence-electron chi connectivity index (χ0n) is 9.21. The fourth-order valence-electron chi connectivity index (χ4n) is 1.41. The van der Waals surface area contributed by atoms with Crippen LogP contribution in [0.5, 0.6) is 0 Å². The van der Waals surface area contributed by atoms with Crippen molar-refractivity contribution in [3.63, 3.8) is 0 Å². The summed E-state index contributed by atoms with van der Waals surface area (Å²) in [6.07, 6.45) is 2.19. The maximum absolute atomic E-state index is 10.3. The highest BCUT2D eigenvalue weighted by molar-refractivity contribution is 5.67. The van der Waals surface area contributed by atoms with Gasteiger partial charge in [0.2, 0.25) is 0 Å². The molecule has 2 atom stereocenters. The lowest BCUT2D eigenvalue weighted by molar-refractivity contribution is -0.138. The minimum absolute atomic E-state index is 0.171. The van der Waals surface area contributed by atoms with Crippen LogP contribution in [0.3, 0.4) is 0 Å². The van der Waals surface area contributed by atoms with Crippen molar-refractivity contribution < 1.29 is 15.0 Å². The minimum Gasteiger partial charge on any atom is -0.481 e. The summed E-state index contributed by atoms with van der Waals surface area (Å²) in [5.74, 6) is -0.825. The first-order valence-electron chi connectivity index (χ1n) is 5.22. The first-order valence-corrected chi connectivity index (χ1v) is 5.22. The summed E-state index contributed by atoms with van der Waals surface area (Å²) in [5, 5.41) is 17.8. The van der Waals surface area contributed by atoms with Gasteiger partial charge in [-0.05, 0) is 11.5 Å². The number of allylic oxidation sites excluding steroid dienone is 1. The predicted octanol–water partition coefficient (Wildman–Crippen LogP) is 2.18. The van der Waals surface area contributed by atoms with Crippen molar-refractivity contribution in [1.29, 1.82) is 0 Å². The van der Waals surface area contributed by atoms with Crippen LogP contribution in [0.25, 0.3) is 0 Å². The Morgan fingerprint density at radius 1 is 1.31 bits per heavy atom. The van der Waals surface area contributed by atoms with Crippen molar-refractivity contribution in [3.8, 4) is 0 Å². The van der Waals surface area contributed by atoms with Crippen LogP contribution in [0.2, 0.25) is 0 Å². The van der Waals surface area contributed by atoms with Gasteiger partial charge in [0.1, 0.15) is 0 Å². The summed E-state index contributed by atoms with van der Waals surface area (Å²) < 4.78 is 0. The molecule has 0 aliphatic rings. The van der Waals surface area contributed by atoms with Gasteiger partial charge in [-0.1, -0.05) is 49.4 Å². The van der Waals surface area contributed by atoms with Crippen molar-refractivity contribution in [2.75, 3.05) is 0 Å². The number of hydrogen-bond donors (Lipinski definition) is 2. The van der Waals surface area contributed by atoms with E-state index < -0.39 is 12.1 Å². The van der Waals surface area contributed by atoms with Crippen LogP contribution in [0, 0.1) is 0 Å². The highest BCUT2D eigenvalue weighted by atomic mass is 16.4. The second kappa shape index (κ2) is 6.08. The molecule has 16 heavy (non-hydrogen) atoms. The van der Waals surface area contributed by atoms with E-state index in [0.29, 0.717) is 0 Å². The Hall–Kier alpha value is -1.61. The molecule has 0 heterocycles. The fourth-order valence-corrected chi connectivity index (χ4v) is 1.41. The molecule has 0 aromatic heterocycles. The molecule has 0 aliphatic carbocycles. The van der Waals surface area contributed by atoms with E-state index in [4.69, 9.17) is 5.11 Å². The quantitative estimate of drug-likeness (QED) is 0.748. The number of aliphatic hydroxyl groups is 1. The van der Waals surface area contributed by atoms with Gasteiger partial charge in [0.15, 0.2) is 0 Å². The van der Waals surface area contributed by atoms with Crippen molar-refractivity contribution in [3.05, 3.63) is 48.0 Å². The number of carboxylic acid groups (broad SMARTS) is 1. The van der Waals surface area contributed by atoms with Crippen LogP contribution in [-0.2, 0) is 4.79 Å². The number of rotatable bonds is 5. The second-order valence-electron chi connectivity index (χ2n) is 3.75. The summed E-state index contributed by atoms with van der Waals surface area (Å²) in [4.78, 5) is 10.3. The van der Waals surface area contributed by atoms with Crippen LogP contribution < -0.4 is 0 Å². The summed E-state index contributed by atoms with van der Waals surface area (Å²) in [6.45, 7) is 2.00. The predicted molar refractivity (Wildman–Crippen MR) is 62.3 cm³/mol. The lowest BCUT2D eigenvalue weighted by Gasteiger charge is -2.07. The van der Waals surface area contributed by atoms with Crippen molar-refractivity contribution >= 4 is 5.97 Å². The number of benzene rings is 1. The van der Waals surface area contributed by atoms with Crippen molar-refractivity contribution in [1.82, 2.24) is 0 Å². The third-order valence-electron chi connectivity index (χ3n) is 2.33. The average Bonchev–Trinajstić information content (AvgIpc) is 2.26. The topological polar surface area (TPSA) is 57.5 Å². The Morgan fingerprint density at radius 2 is 1.94 bits per heavy atom. The van der Waals surface area contributed by atoms with E-state index in [1.54, 1.807) is 0 Å². The van der Waals surface area contributed by atoms with E-state index in [0.717, 1.165) is 5.56 Å². The first-order chi connectivity index (χ1) is 7.59. The number of aliphatic carboxylic acids is 1. The van der Waals surface area contributed by atoms with E-state index in [-0.39, 0.29) is 12.3 Å². The van der Waals surface area contributed by atoms with Gasteiger partial charge < -0.3 is 10.2 Å². The first kappa shape index (κ1) is 12.5. The molecule has 0 amide bonds. The molecule has 1 aromatic carbocycles. The minimum atomic E-state index is -0.996. The normalized spacial score (nSPS) is 14.9. The van der Waals surface area contributed by atoms with Crippen LogP contribution in [0.1, 0.15) is 24.8 Å². The molecule has 1 rings (SSSR count). The number of carbonyl (C=O) groups is 1. The van der Waals surface area contributed by atoms with Crippen LogP contribution >= 0.6 is 0 Å². The Balaban J connectivity index is 2.54. The monoisotopic (exact) mass is 220 g/mol. The molecule has 0 fully saturated rings. The molecule has 3 heteroatoms. The van der Waals surface area contributed by atoms with Gasteiger partial charge in [-0.25, -0.2) is 0 Å². The second-order valence-corrected chi connectivity index (χ2v) is 3.75. The maximum atomic E-state index is 10.3. The number of hydrogen-bond acceptors (Lipinski definition) is 2. The van der Waals surface area contributed by atoms with E-state index in [1.807, 2.05) is 43.3 Å². The standard InChI is InChI=1S/C13H16O3/c1-10(11-5-3-2-4-6-11)7-8-12(14)9-13(15)16/h2-8,10,12,14H,9H2,1H3,(H,15,16)/b8-7+/t10-,12+/m0/s1. The Bertz CT molecular complexity index is 357. The fraction of sp³-hybridized carbons (Fsp3) is 0.308. The molecule has 0 aliphatic heterocycles. The Kier molecular flexibility index (Phi) is 4.73. The largest absolute Gasteiger partial charge is 0.481 e. The van der Waals surface area contributed by atoms with Crippen molar-refractivity contribution in [2.45, 2.75) is 25.4 Å². The van der Waals surface area contributed by atoms with E-state index in [2.05, 4.69) is 0 Å². The summed E-state index contributed by atoms with van der Waals surface area (Å²) >= 11 is 0. The molecular formula is C13H16O3. The molecule has 0 saturated heterocycles. The van der Waals surface area contributed by atoms with Crippen LogP contribution in [0.4, 0.5) is 0 Å². The molecule has 86 valence electrons. The molecule has 0 saturated carbocycles. The average molecular weight is 220 g/mol. The van der Waals surface area contributed by atoms with Crippen LogP contribution in [-0.4, -0.2) is 22.3 Å². The van der Waals surface area contributed by atoms with Gasteiger partial charge in [0, 0.05) is 0 Å². The van der Waals surface area contributed by atoms with Gasteiger partial charge >= 0.3 is 5.97 Å². The van der Waals surface area contributed by atoms with E-state index >= 15 is 0 Å². The van der Waals surface area contributed by atoms with E-state index in [9.17, 15) is 9.90 Å². The zero-order valence-corrected chi connectivity index (χ0v) is 9.21. The smallest absolute Gasteiger partial charge is 0.306 e. The van der Waals surface area contributed by atoms with E-state index in [1.165, 1.54) is 6.08 Å². The lowest BCUT2D eigenvalue weighted by atomic mass is 10.00. The zero-order chi connectivity index (χ0) is 12.0. The number of aliphatic hydroxyl groups excluding tert-OH is 1. The van der Waals surface area contributed by atoms with Gasteiger partial charge in [-0.2, -0.15) is 0 Å². The summed E-state index contributed by atoms with van der Waals surface area (Å²) in [6, 6.07) is 9.84. The third kappa shape index (κ3) is 4.28. The third-order valence-corrected chi connectivity index (χ3v) is 2.33. The molecule has 0 bridgehead atoms. The molecule has 0 radical (unpaired) electrons. The van der Waals surface area contributed by atoms with Gasteiger partial charge in [0.25, 0.3) is 0 Å². The SMILES string of the molecule is C[C@@H](/C=C/[C@@H](O)CC(=O)O)c1ccccc1. The summed E-state index contributed by atoms with van der Waals surface area (Å²) in [7, 11) is 0. The van der Waals surface area contributed by atoms with Crippen molar-refractivity contribution in [2.24, 2.45) is 0 Å². The lowest BCUT2D eigenvalue weighted by Crippen LogP contribution is -2.09. The number of carboxylic acids is 1. The molecule has 0 spiro atoms. The highest BCUT2D eigenvalue weighted by Crippen LogP contribution is 2.16. The Labute approximate surface area is 95.0 Å². The molecule has 2 N–H and O–H groups in total. The highest BCUT2D eigenvalue weighted by Gasteiger charge is 2.06. The molecule has 1 aromatic rings. The van der Waals surface area contributed by atoms with Crippen LogP contribution in [0.15, 0.2) is 42.5 Å². The Morgan fingerprint density at radius 3 is 2.50 bits per heavy atom.